The average molecular weight is 324 g/mol. The minimum atomic E-state index is 0.149. The Kier molecular flexibility index (Phi) is 6.77. The summed E-state index contributed by atoms with van der Waals surface area (Å²) in [6.07, 6.45) is 4.90. The maximum atomic E-state index is 10.8. The van der Waals surface area contributed by atoms with Gasteiger partial charge in [0.1, 0.15) is 0 Å². The molecule has 2 nitrogen and oxygen atoms in total. The van der Waals surface area contributed by atoms with Gasteiger partial charge < -0.3 is 0 Å². The molecular formula is C14H14BrNOS. The summed E-state index contributed by atoms with van der Waals surface area (Å²) in [5.41, 5.74) is 2.88. The van der Waals surface area contributed by atoms with Crippen molar-refractivity contribution in [2.45, 2.75) is 18.7 Å². The average Bonchev–Trinajstić information content (AvgIpc) is 2.37. The Bertz CT molecular complexity index is 491. The van der Waals surface area contributed by atoms with E-state index in [9.17, 15) is 4.79 Å². The normalized spacial score (nSPS) is 10.5. The van der Waals surface area contributed by atoms with Crippen LogP contribution in [0.4, 0.5) is 0 Å². The second-order valence-corrected chi connectivity index (χ2v) is 5.52. The van der Waals surface area contributed by atoms with Crippen LogP contribution in [0.2, 0.25) is 0 Å². The fourth-order valence-corrected chi connectivity index (χ4v) is 2.47. The molecule has 0 spiro atoms. The highest BCUT2D eigenvalue weighted by Crippen LogP contribution is 2.17. The predicted molar refractivity (Wildman–Crippen MR) is 80.6 cm³/mol. The molecule has 0 heterocycles. The van der Waals surface area contributed by atoms with Crippen LogP contribution in [0.5, 0.6) is 0 Å². The van der Waals surface area contributed by atoms with E-state index in [1.807, 2.05) is 30.4 Å². The maximum Gasteiger partial charge on any atom is 0.185 e. The summed E-state index contributed by atoms with van der Waals surface area (Å²) in [6.45, 7) is 1.58. The zero-order valence-corrected chi connectivity index (χ0v) is 12.6. The number of alkyl halides is 1. The number of hydrogen-bond acceptors (Lipinski definition) is 3. The van der Waals surface area contributed by atoms with Crippen LogP contribution >= 0.6 is 27.7 Å². The van der Waals surface area contributed by atoms with Crippen molar-refractivity contribution in [2.75, 3.05) is 5.75 Å². The quantitative estimate of drug-likeness (QED) is 0.604. The molecule has 0 bridgehead atoms. The summed E-state index contributed by atoms with van der Waals surface area (Å²) in [5.74, 6) is 0.799. The van der Waals surface area contributed by atoms with Crippen LogP contribution < -0.4 is 0 Å². The van der Waals surface area contributed by atoms with E-state index >= 15 is 0 Å². The number of nitriles is 1. The van der Waals surface area contributed by atoms with Crippen LogP contribution in [0.25, 0.3) is 6.08 Å². The van der Waals surface area contributed by atoms with Gasteiger partial charge in [-0.05, 0) is 29.7 Å². The Balaban J connectivity index is 2.67. The minimum Gasteiger partial charge on any atom is -0.288 e. The molecule has 0 unspecified atom stereocenters. The van der Waals surface area contributed by atoms with Crippen molar-refractivity contribution in [3.8, 4) is 6.07 Å². The molecule has 0 atom stereocenters. The molecular weight excluding hydrogens is 310 g/mol. The van der Waals surface area contributed by atoms with Crippen LogP contribution in [-0.4, -0.2) is 10.9 Å². The molecule has 1 aromatic rings. The van der Waals surface area contributed by atoms with Gasteiger partial charge in [0.05, 0.1) is 11.6 Å². The molecule has 1 aromatic carbocycles. The molecule has 0 saturated carbocycles. The number of rotatable bonds is 5. The smallest absolute Gasteiger partial charge is 0.185 e. The third-order valence-corrected chi connectivity index (χ3v) is 3.76. The number of benzene rings is 1. The summed E-state index contributed by atoms with van der Waals surface area (Å²) in [4.78, 5) is 10.8. The lowest BCUT2D eigenvalue weighted by Gasteiger charge is -2.02. The number of allylic oxidation sites excluding steroid dienone is 1. The molecule has 0 aliphatic rings. The van der Waals surface area contributed by atoms with Crippen LogP contribution in [0, 0.1) is 11.3 Å². The number of nitrogens with zero attached hydrogens (tertiary/aromatic N) is 1. The van der Waals surface area contributed by atoms with E-state index in [-0.39, 0.29) is 5.12 Å². The van der Waals surface area contributed by atoms with Gasteiger partial charge in [0.15, 0.2) is 5.12 Å². The van der Waals surface area contributed by atoms with E-state index in [0.29, 0.717) is 5.56 Å². The summed E-state index contributed by atoms with van der Waals surface area (Å²) in [6, 6.07) is 7.79. The zero-order chi connectivity index (χ0) is 13.4. The Morgan fingerprint density at radius 2 is 2.33 bits per heavy atom. The van der Waals surface area contributed by atoms with Crippen molar-refractivity contribution in [1.82, 2.24) is 0 Å². The highest BCUT2D eigenvalue weighted by molar-refractivity contribution is 9.08. The molecule has 18 heavy (non-hydrogen) atoms. The minimum absolute atomic E-state index is 0.149. The van der Waals surface area contributed by atoms with Crippen molar-refractivity contribution in [3.63, 3.8) is 0 Å². The van der Waals surface area contributed by atoms with Crippen molar-refractivity contribution < 1.29 is 4.79 Å². The molecule has 0 amide bonds. The van der Waals surface area contributed by atoms with Gasteiger partial charge in [0.25, 0.3) is 0 Å². The molecule has 0 aliphatic carbocycles. The van der Waals surface area contributed by atoms with Crippen LogP contribution in [0.1, 0.15) is 30.0 Å². The fourth-order valence-electron chi connectivity index (χ4n) is 1.42. The monoisotopic (exact) mass is 323 g/mol. The van der Waals surface area contributed by atoms with Gasteiger partial charge in [0, 0.05) is 18.0 Å². The molecule has 0 aliphatic heterocycles. The Morgan fingerprint density at radius 3 is 2.94 bits per heavy atom. The van der Waals surface area contributed by atoms with Crippen molar-refractivity contribution in [1.29, 1.82) is 5.26 Å². The van der Waals surface area contributed by atoms with Crippen molar-refractivity contribution in [3.05, 3.63) is 41.0 Å². The van der Waals surface area contributed by atoms with Crippen LogP contribution in [0.3, 0.4) is 0 Å². The maximum absolute atomic E-state index is 10.8. The number of halogens is 1. The van der Waals surface area contributed by atoms with Gasteiger partial charge in [-0.2, -0.15) is 5.26 Å². The van der Waals surface area contributed by atoms with Gasteiger partial charge >= 0.3 is 0 Å². The lowest BCUT2D eigenvalue weighted by molar-refractivity contribution is -0.109. The van der Waals surface area contributed by atoms with Gasteiger partial charge in [-0.15, -0.1) is 0 Å². The molecule has 4 heteroatoms. The van der Waals surface area contributed by atoms with E-state index in [2.05, 4.69) is 22.0 Å². The first-order valence-electron chi connectivity index (χ1n) is 5.56. The highest BCUT2D eigenvalue weighted by atomic mass is 79.9. The Morgan fingerprint density at radius 1 is 1.56 bits per heavy atom. The molecule has 1 rings (SSSR count). The first kappa shape index (κ1) is 15.0. The summed E-state index contributed by atoms with van der Waals surface area (Å²) >= 11 is 4.76. The third kappa shape index (κ3) is 5.07. The summed E-state index contributed by atoms with van der Waals surface area (Å²) < 4.78 is 0. The largest absolute Gasteiger partial charge is 0.288 e. The Labute approximate surface area is 120 Å². The molecule has 0 saturated heterocycles. The van der Waals surface area contributed by atoms with E-state index < -0.39 is 0 Å². The van der Waals surface area contributed by atoms with Gasteiger partial charge in [0.2, 0.25) is 0 Å². The standard InChI is InChI=1S/C14H14BrNOS/c1-11(17)18-7-3-2-4-13-8-12(10-16)5-6-14(13)9-15/h2,4-6,8H,3,7,9H2,1H3. The van der Waals surface area contributed by atoms with Crippen molar-refractivity contribution >= 4 is 38.9 Å². The van der Waals surface area contributed by atoms with Crippen LogP contribution in [0.15, 0.2) is 24.3 Å². The Hall–Kier alpha value is -1.05. The number of hydrogen-bond donors (Lipinski definition) is 0. The molecule has 0 aromatic heterocycles. The number of carbonyl (C=O) groups is 1. The van der Waals surface area contributed by atoms with E-state index in [0.717, 1.165) is 28.6 Å². The highest BCUT2D eigenvalue weighted by Gasteiger charge is 2.00. The molecule has 94 valence electrons. The van der Waals surface area contributed by atoms with Gasteiger partial charge in [-0.3, -0.25) is 4.79 Å². The second kappa shape index (κ2) is 8.12. The van der Waals surface area contributed by atoms with E-state index in [1.54, 1.807) is 6.92 Å². The second-order valence-electron chi connectivity index (χ2n) is 3.69. The SMILES string of the molecule is CC(=O)SCCC=Cc1cc(C#N)ccc1CBr. The molecule has 0 radical (unpaired) electrons. The van der Waals surface area contributed by atoms with Crippen molar-refractivity contribution in [2.24, 2.45) is 0 Å². The lowest BCUT2D eigenvalue weighted by Crippen LogP contribution is -1.87. The van der Waals surface area contributed by atoms with E-state index in [4.69, 9.17) is 5.26 Å². The third-order valence-electron chi connectivity index (χ3n) is 2.31. The topological polar surface area (TPSA) is 40.9 Å². The van der Waals surface area contributed by atoms with Gasteiger partial charge in [-0.1, -0.05) is 45.9 Å². The van der Waals surface area contributed by atoms with E-state index in [1.165, 1.54) is 11.8 Å². The molecule has 0 fully saturated rings. The zero-order valence-electron chi connectivity index (χ0n) is 10.1. The van der Waals surface area contributed by atoms with Gasteiger partial charge in [-0.25, -0.2) is 0 Å². The predicted octanol–water partition coefficient (Wildman–Crippen LogP) is 4.14. The summed E-state index contributed by atoms with van der Waals surface area (Å²) in [7, 11) is 0. The number of carbonyl (C=O) groups excluding carboxylic acids is 1. The lowest BCUT2D eigenvalue weighted by atomic mass is 10.0. The fraction of sp³-hybridized carbons (Fsp3) is 0.286. The first-order valence-corrected chi connectivity index (χ1v) is 7.67. The first-order chi connectivity index (χ1) is 8.67. The number of thioether (sulfide) groups is 1. The molecule has 0 N–H and O–H groups in total. The summed E-state index contributed by atoms with van der Waals surface area (Å²) in [5, 5.41) is 9.78. The van der Waals surface area contributed by atoms with Crippen LogP contribution in [-0.2, 0) is 10.1 Å².